The molecular weight excluding hydrogens is 303 g/mol. The number of imide groups is 1. The molecule has 0 saturated carbocycles. The average Bonchev–Trinajstić information content (AvgIpc) is 2.53. The van der Waals surface area contributed by atoms with Crippen molar-refractivity contribution in [2.24, 2.45) is 0 Å². The molecule has 8 heteroatoms. The lowest BCUT2D eigenvalue weighted by molar-refractivity contribution is -0.120. The summed E-state index contributed by atoms with van der Waals surface area (Å²) in [7, 11) is 0. The smallest absolute Gasteiger partial charge is 0.328 e. The number of hydrogen-bond donors (Lipinski definition) is 1. The van der Waals surface area contributed by atoms with Gasteiger partial charge in [-0.2, -0.15) is 0 Å². The molecule has 0 aliphatic carbocycles. The molecule has 1 aromatic heterocycles. The normalized spacial score (nSPS) is 14.6. The summed E-state index contributed by atoms with van der Waals surface area (Å²) in [5.41, 5.74) is 0.799. The van der Waals surface area contributed by atoms with Crippen molar-refractivity contribution in [2.45, 2.75) is 13.3 Å². The van der Waals surface area contributed by atoms with E-state index in [9.17, 15) is 14.0 Å². The van der Waals surface area contributed by atoms with E-state index >= 15 is 0 Å². The summed E-state index contributed by atoms with van der Waals surface area (Å²) in [6.45, 7) is 1.85. The fraction of sp³-hybridized carbons (Fsp3) is 0.200. The highest BCUT2D eigenvalue weighted by atomic mass is 19.1. The van der Waals surface area contributed by atoms with Crippen LogP contribution in [0.4, 0.5) is 14.9 Å². The van der Waals surface area contributed by atoms with Crippen LogP contribution < -0.4 is 15.0 Å². The number of urea groups is 1. The predicted molar refractivity (Wildman–Crippen MR) is 78.7 cm³/mol. The maximum atomic E-state index is 13.5. The molecule has 1 saturated heterocycles. The molecule has 1 aliphatic rings. The van der Waals surface area contributed by atoms with Gasteiger partial charge in [0, 0.05) is 18.5 Å². The molecule has 1 N–H and O–H groups in total. The van der Waals surface area contributed by atoms with E-state index in [0.717, 1.165) is 0 Å². The molecule has 1 aliphatic heterocycles. The van der Waals surface area contributed by atoms with Crippen molar-refractivity contribution in [1.82, 2.24) is 15.3 Å². The maximum absolute atomic E-state index is 13.5. The van der Waals surface area contributed by atoms with E-state index in [1.54, 1.807) is 13.0 Å². The van der Waals surface area contributed by atoms with Gasteiger partial charge in [-0.05, 0) is 19.1 Å². The molecule has 3 amide bonds. The minimum Gasteiger partial charge on any atom is -0.424 e. The Hall–Kier alpha value is -3.03. The lowest BCUT2D eigenvalue weighted by atomic mass is 10.2. The second-order valence-electron chi connectivity index (χ2n) is 4.94. The number of halogens is 1. The van der Waals surface area contributed by atoms with Gasteiger partial charge in [0.2, 0.25) is 5.91 Å². The van der Waals surface area contributed by atoms with Crippen molar-refractivity contribution >= 4 is 17.6 Å². The van der Waals surface area contributed by atoms with Crippen LogP contribution in [0.15, 0.2) is 30.6 Å². The molecule has 1 fully saturated rings. The van der Waals surface area contributed by atoms with E-state index in [1.165, 1.54) is 29.4 Å². The van der Waals surface area contributed by atoms with E-state index in [0.29, 0.717) is 17.0 Å². The van der Waals surface area contributed by atoms with Crippen LogP contribution in [-0.4, -0.2) is 28.5 Å². The van der Waals surface area contributed by atoms with Crippen molar-refractivity contribution in [3.8, 4) is 11.8 Å². The molecule has 2 heterocycles. The Morgan fingerprint density at radius 1 is 1.26 bits per heavy atom. The predicted octanol–water partition coefficient (Wildman–Crippen LogP) is 2.16. The fourth-order valence-electron chi connectivity index (χ4n) is 2.11. The molecule has 118 valence electrons. The summed E-state index contributed by atoms with van der Waals surface area (Å²) in [5.74, 6) is -0.374. The van der Waals surface area contributed by atoms with Gasteiger partial charge >= 0.3 is 12.0 Å². The number of nitrogens with zero attached hydrogens (tertiary/aromatic N) is 3. The van der Waals surface area contributed by atoms with Crippen molar-refractivity contribution in [1.29, 1.82) is 0 Å². The molecule has 7 nitrogen and oxygen atoms in total. The first-order valence-corrected chi connectivity index (χ1v) is 6.91. The number of hydrogen-bond acceptors (Lipinski definition) is 5. The van der Waals surface area contributed by atoms with Gasteiger partial charge in [0.1, 0.15) is 11.6 Å². The topological polar surface area (TPSA) is 84.4 Å². The van der Waals surface area contributed by atoms with Gasteiger partial charge in [0.05, 0.1) is 18.1 Å². The van der Waals surface area contributed by atoms with Gasteiger partial charge in [-0.15, -0.1) is 0 Å². The van der Waals surface area contributed by atoms with Crippen molar-refractivity contribution < 1.29 is 18.7 Å². The number of amides is 3. The zero-order valence-corrected chi connectivity index (χ0v) is 12.2. The third kappa shape index (κ3) is 3.10. The molecular formula is C15H13FN4O3. The van der Waals surface area contributed by atoms with Crippen molar-refractivity contribution in [3.05, 3.63) is 42.0 Å². The van der Waals surface area contributed by atoms with Gasteiger partial charge in [-0.3, -0.25) is 15.0 Å². The SMILES string of the molecule is Cc1c(F)cccc1Oc1ncc(N2CCC(=O)NC2=O)cn1. The lowest BCUT2D eigenvalue weighted by Gasteiger charge is -2.25. The van der Waals surface area contributed by atoms with Crippen LogP contribution in [0.25, 0.3) is 0 Å². The number of anilines is 1. The van der Waals surface area contributed by atoms with Crippen LogP contribution >= 0.6 is 0 Å². The second-order valence-corrected chi connectivity index (χ2v) is 4.94. The summed E-state index contributed by atoms with van der Waals surface area (Å²) < 4.78 is 18.9. The third-order valence-corrected chi connectivity index (χ3v) is 3.40. The van der Waals surface area contributed by atoms with E-state index in [4.69, 9.17) is 4.74 Å². The van der Waals surface area contributed by atoms with Crippen LogP contribution in [0.2, 0.25) is 0 Å². The third-order valence-electron chi connectivity index (χ3n) is 3.40. The van der Waals surface area contributed by atoms with Gasteiger partial charge in [-0.1, -0.05) is 6.07 Å². The summed E-state index contributed by atoms with van der Waals surface area (Å²) in [5, 5.41) is 2.22. The number of nitrogens with one attached hydrogen (secondary N) is 1. The number of carbonyl (C=O) groups is 2. The van der Waals surface area contributed by atoms with Crippen LogP contribution in [-0.2, 0) is 4.79 Å². The number of rotatable bonds is 3. The molecule has 23 heavy (non-hydrogen) atoms. The highest BCUT2D eigenvalue weighted by molar-refractivity contribution is 6.05. The van der Waals surface area contributed by atoms with E-state index in [1.807, 2.05) is 0 Å². The molecule has 0 spiro atoms. The second kappa shape index (κ2) is 5.99. The molecule has 0 atom stereocenters. The summed E-state index contributed by atoms with van der Waals surface area (Å²) in [6.07, 6.45) is 3.03. The Kier molecular flexibility index (Phi) is 3.88. The lowest BCUT2D eigenvalue weighted by Crippen LogP contribution is -2.49. The standard InChI is InChI=1S/C15H13FN4O3/c1-9-11(16)3-2-4-12(9)23-14-17-7-10(8-18-14)20-6-5-13(21)19-15(20)22/h2-4,7-8H,5-6H2,1H3,(H,19,21,22). The van der Waals surface area contributed by atoms with Crippen LogP contribution in [0, 0.1) is 12.7 Å². The van der Waals surface area contributed by atoms with Gasteiger partial charge < -0.3 is 4.74 Å². The molecule has 1 aromatic carbocycles. The van der Waals surface area contributed by atoms with Crippen molar-refractivity contribution in [2.75, 3.05) is 11.4 Å². The largest absolute Gasteiger partial charge is 0.424 e. The highest BCUT2D eigenvalue weighted by Crippen LogP contribution is 2.25. The van der Waals surface area contributed by atoms with Crippen LogP contribution in [0.5, 0.6) is 11.8 Å². The molecule has 0 unspecified atom stereocenters. The first kappa shape index (κ1) is 14.9. The summed E-state index contributed by atoms with van der Waals surface area (Å²) in [4.78, 5) is 32.2. The Morgan fingerprint density at radius 3 is 2.70 bits per heavy atom. The molecule has 0 radical (unpaired) electrons. The number of ether oxygens (including phenoxy) is 1. The molecule has 2 aromatic rings. The Morgan fingerprint density at radius 2 is 2.00 bits per heavy atom. The van der Waals surface area contributed by atoms with E-state index < -0.39 is 6.03 Å². The number of carbonyl (C=O) groups excluding carboxylic acids is 2. The minimum atomic E-state index is -0.514. The molecule has 0 bridgehead atoms. The number of aromatic nitrogens is 2. The molecule has 3 rings (SSSR count). The first-order chi connectivity index (χ1) is 11.0. The van der Waals surface area contributed by atoms with Crippen LogP contribution in [0.3, 0.4) is 0 Å². The number of benzene rings is 1. The summed E-state index contributed by atoms with van der Waals surface area (Å²) >= 11 is 0. The first-order valence-electron chi connectivity index (χ1n) is 6.91. The van der Waals surface area contributed by atoms with Gasteiger partial charge in [0.25, 0.3) is 0 Å². The van der Waals surface area contributed by atoms with Gasteiger partial charge in [-0.25, -0.2) is 19.2 Å². The van der Waals surface area contributed by atoms with Crippen molar-refractivity contribution in [3.63, 3.8) is 0 Å². The van der Waals surface area contributed by atoms with E-state index in [2.05, 4.69) is 15.3 Å². The highest BCUT2D eigenvalue weighted by Gasteiger charge is 2.24. The zero-order valence-electron chi connectivity index (χ0n) is 12.2. The monoisotopic (exact) mass is 316 g/mol. The quantitative estimate of drug-likeness (QED) is 0.938. The Labute approximate surface area is 131 Å². The Balaban J connectivity index is 1.76. The fourth-order valence-corrected chi connectivity index (χ4v) is 2.11. The van der Waals surface area contributed by atoms with Crippen LogP contribution in [0.1, 0.15) is 12.0 Å². The summed E-state index contributed by atoms with van der Waals surface area (Å²) in [6, 6.07) is 4.00. The Bertz CT molecular complexity index is 764. The van der Waals surface area contributed by atoms with E-state index in [-0.39, 0.29) is 30.7 Å². The van der Waals surface area contributed by atoms with Gasteiger partial charge in [0.15, 0.2) is 0 Å². The minimum absolute atomic E-state index is 0.0379. The average molecular weight is 316 g/mol. The zero-order chi connectivity index (χ0) is 16.4. The maximum Gasteiger partial charge on any atom is 0.328 e.